The first-order chi connectivity index (χ1) is 15.0. The zero-order chi connectivity index (χ0) is 22.5. The minimum atomic E-state index is 0.344. The molecule has 0 aliphatic heterocycles. The highest BCUT2D eigenvalue weighted by molar-refractivity contribution is 9.11. The van der Waals surface area contributed by atoms with Gasteiger partial charge in [0.05, 0.1) is 4.47 Å². The predicted molar refractivity (Wildman–Crippen MR) is 143 cm³/mol. The summed E-state index contributed by atoms with van der Waals surface area (Å²) in [5.41, 5.74) is 4.48. The smallest absolute Gasteiger partial charge is 0.137 e. The molecule has 0 fully saturated rings. The Labute approximate surface area is 207 Å². The van der Waals surface area contributed by atoms with E-state index >= 15 is 0 Å². The van der Waals surface area contributed by atoms with Gasteiger partial charge in [-0.05, 0) is 52.9 Å². The fourth-order valence-corrected chi connectivity index (χ4v) is 5.60. The van der Waals surface area contributed by atoms with Crippen molar-refractivity contribution in [2.45, 2.75) is 104 Å². The van der Waals surface area contributed by atoms with Gasteiger partial charge in [-0.3, -0.25) is 0 Å². The van der Waals surface area contributed by atoms with Gasteiger partial charge in [0.15, 0.2) is 0 Å². The Balaban J connectivity index is 1.74. The number of aryl methyl sites for hydroxylation is 1. The van der Waals surface area contributed by atoms with Gasteiger partial charge in [0.2, 0.25) is 0 Å². The molecule has 0 bridgehead atoms. The molecule has 31 heavy (non-hydrogen) atoms. The van der Waals surface area contributed by atoms with E-state index in [-0.39, 0.29) is 0 Å². The fourth-order valence-electron chi connectivity index (χ4n) is 4.24. The topological polar surface area (TPSA) is 20.2 Å². The van der Waals surface area contributed by atoms with Crippen molar-refractivity contribution in [1.29, 1.82) is 0 Å². The van der Waals surface area contributed by atoms with Gasteiger partial charge in [-0.25, -0.2) is 0 Å². The van der Waals surface area contributed by atoms with Crippen LogP contribution in [0.4, 0.5) is 0 Å². The third-order valence-electron chi connectivity index (χ3n) is 6.18. The second-order valence-electron chi connectivity index (χ2n) is 8.90. The molecule has 0 saturated heterocycles. The molecule has 1 nitrogen and oxygen atoms in total. The Bertz CT molecular complexity index is 768. The minimum Gasteiger partial charge on any atom is -0.506 e. The van der Waals surface area contributed by atoms with Gasteiger partial charge in [-0.15, -0.1) is 0 Å². The molecule has 3 heteroatoms. The number of benzene rings is 2. The molecular formula is C28H40Br2O. The Morgan fingerprint density at radius 1 is 0.677 bits per heavy atom. The maximum absolute atomic E-state index is 10.8. The molecule has 2 rings (SSSR count). The molecule has 0 radical (unpaired) electrons. The summed E-state index contributed by atoms with van der Waals surface area (Å²) < 4.78 is 1.82. The molecular weight excluding hydrogens is 512 g/mol. The van der Waals surface area contributed by atoms with Crippen LogP contribution >= 0.6 is 31.9 Å². The first-order valence-electron chi connectivity index (χ1n) is 12.3. The summed E-state index contributed by atoms with van der Waals surface area (Å²) >= 11 is 7.25. The lowest BCUT2D eigenvalue weighted by atomic mass is 9.94. The van der Waals surface area contributed by atoms with E-state index in [2.05, 4.69) is 70.0 Å². The van der Waals surface area contributed by atoms with Crippen LogP contribution in [-0.4, -0.2) is 5.11 Å². The van der Waals surface area contributed by atoms with Crippen LogP contribution in [0.5, 0.6) is 5.75 Å². The van der Waals surface area contributed by atoms with E-state index < -0.39 is 0 Å². The van der Waals surface area contributed by atoms with Crippen molar-refractivity contribution in [2.75, 3.05) is 0 Å². The summed E-state index contributed by atoms with van der Waals surface area (Å²) in [6.45, 7) is 4.37. The number of unbranched alkanes of at least 4 members (excludes halogenated alkanes) is 12. The summed E-state index contributed by atoms with van der Waals surface area (Å²) in [5.74, 6) is 0.344. The molecule has 2 aromatic rings. The molecule has 0 amide bonds. The van der Waals surface area contributed by atoms with Crippen LogP contribution < -0.4 is 0 Å². The Morgan fingerprint density at radius 3 is 1.68 bits per heavy atom. The number of aromatic hydroxyl groups is 1. The number of phenols is 1. The second kappa shape index (κ2) is 15.1. The molecule has 0 heterocycles. The summed E-state index contributed by atoms with van der Waals surface area (Å²) in [5, 5.41) is 10.8. The van der Waals surface area contributed by atoms with Crippen molar-refractivity contribution in [3.63, 3.8) is 0 Å². The number of halogens is 2. The first kappa shape index (κ1) is 26.5. The normalized spacial score (nSPS) is 11.2. The molecule has 0 aliphatic rings. The first-order valence-corrected chi connectivity index (χ1v) is 13.9. The summed E-state index contributed by atoms with van der Waals surface area (Å²) in [4.78, 5) is 0. The van der Waals surface area contributed by atoms with Gasteiger partial charge in [-0.2, -0.15) is 0 Å². The molecule has 2 aromatic carbocycles. The third-order valence-corrected chi connectivity index (χ3v) is 7.49. The highest BCUT2D eigenvalue weighted by Gasteiger charge is 2.17. The van der Waals surface area contributed by atoms with Crippen molar-refractivity contribution in [3.05, 3.63) is 50.4 Å². The largest absolute Gasteiger partial charge is 0.506 e. The van der Waals surface area contributed by atoms with E-state index in [1.807, 2.05) is 6.07 Å². The van der Waals surface area contributed by atoms with E-state index in [9.17, 15) is 5.11 Å². The van der Waals surface area contributed by atoms with Crippen LogP contribution in [0.15, 0.2) is 39.3 Å². The SMILES string of the molecule is CCCCCCCCCCCCCCCc1c(Br)cc(Br)c(O)c1-c1ccc(C)cc1. The number of rotatable bonds is 15. The molecule has 0 saturated carbocycles. The minimum absolute atomic E-state index is 0.344. The van der Waals surface area contributed by atoms with E-state index in [1.165, 1.54) is 88.2 Å². The van der Waals surface area contributed by atoms with Crippen molar-refractivity contribution in [2.24, 2.45) is 0 Å². The highest BCUT2D eigenvalue weighted by atomic mass is 79.9. The van der Waals surface area contributed by atoms with Gasteiger partial charge in [-0.1, -0.05) is 130 Å². The van der Waals surface area contributed by atoms with Crippen LogP contribution in [0.1, 0.15) is 102 Å². The summed E-state index contributed by atoms with van der Waals surface area (Å²) in [6.07, 6.45) is 18.7. The van der Waals surface area contributed by atoms with Gasteiger partial charge in [0, 0.05) is 10.0 Å². The van der Waals surface area contributed by atoms with Gasteiger partial charge < -0.3 is 5.11 Å². The molecule has 0 aliphatic carbocycles. The lowest BCUT2D eigenvalue weighted by molar-refractivity contribution is 0.473. The van der Waals surface area contributed by atoms with E-state index in [1.54, 1.807) is 0 Å². The lowest BCUT2D eigenvalue weighted by Gasteiger charge is -2.16. The predicted octanol–water partition coefficient (Wildman–Crippen LogP) is 10.5. The Morgan fingerprint density at radius 2 is 1.16 bits per heavy atom. The fraction of sp³-hybridized carbons (Fsp3) is 0.571. The zero-order valence-electron chi connectivity index (χ0n) is 19.5. The standard InChI is InChI=1S/C28H40Br2O/c1-3-4-5-6-7-8-9-10-11-12-13-14-15-16-24-25(29)21-26(30)28(31)27(24)23-19-17-22(2)18-20-23/h17-21,31H,3-16H2,1-2H3. The van der Waals surface area contributed by atoms with Crippen LogP contribution in [-0.2, 0) is 6.42 Å². The molecule has 0 atom stereocenters. The van der Waals surface area contributed by atoms with E-state index in [0.717, 1.165) is 32.9 Å². The Kier molecular flexibility index (Phi) is 12.9. The second-order valence-corrected chi connectivity index (χ2v) is 10.6. The van der Waals surface area contributed by atoms with Crippen LogP contribution in [0.2, 0.25) is 0 Å². The van der Waals surface area contributed by atoms with Crippen molar-refractivity contribution < 1.29 is 5.11 Å². The monoisotopic (exact) mass is 550 g/mol. The molecule has 0 aromatic heterocycles. The lowest BCUT2D eigenvalue weighted by Crippen LogP contribution is -1.95. The highest BCUT2D eigenvalue weighted by Crippen LogP contribution is 2.42. The van der Waals surface area contributed by atoms with Crippen molar-refractivity contribution in [1.82, 2.24) is 0 Å². The average molecular weight is 552 g/mol. The molecule has 0 unspecified atom stereocenters. The maximum atomic E-state index is 10.8. The maximum Gasteiger partial charge on any atom is 0.137 e. The van der Waals surface area contributed by atoms with Gasteiger partial charge in [0.25, 0.3) is 0 Å². The molecule has 0 spiro atoms. The van der Waals surface area contributed by atoms with Crippen molar-refractivity contribution >= 4 is 31.9 Å². The quantitative estimate of drug-likeness (QED) is 0.218. The molecule has 172 valence electrons. The van der Waals surface area contributed by atoms with Crippen LogP contribution in [0, 0.1) is 6.92 Å². The number of hydrogen-bond acceptors (Lipinski definition) is 1. The number of hydrogen-bond donors (Lipinski definition) is 1. The summed E-state index contributed by atoms with van der Waals surface area (Å²) in [7, 11) is 0. The Hall–Kier alpha value is -0.800. The van der Waals surface area contributed by atoms with Crippen LogP contribution in [0.25, 0.3) is 11.1 Å². The average Bonchev–Trinajstić information content (AvgIpc) is 2.75. The van der Waals surface area contributed by atoms with E-state index in [4.69, 9.17) is 0 Å². The van der Waals surface area contributed by atoms with Crippen molar-refractivity contribution in [3.8, 4) is 16.9 Å². The molecule has 1 N–H and O–H groups in total. The summed E-state index contributed by atoms with van der Waals surface area (Å²) in [6, 6.07) is 10.4. The van der Waals surface area contributed by atoms with E-state index in [0.29, 0.717) is 5.75 Å². The van der Waals surface area contributed by atoms with Crippen LogP contribution in [0.3, 0.4) is 0 Å². The van der Waals surface area contributed by atoms with Gasteiger partial charge >= 0.3 is 0 Å². The zero-order valence-corrected chi connectivity index (χ0v) is 22.7. The number of phenolic OH excluding ortho intramolecular Hbond substituents is 1. The third kappa shape index (κ3) is 9.30. The van der Waals surface area contributed by atoms with Gasteiger partial charge in [0.1, 0.15) is 5.75 Å².